The van der Waals surface area contributed by atoms with Crippen molar-refractivity contribution in [3.05, 3.63) is 93.9 Å². The van der Waals surface area contributed by atoms with Gasteiger partial charge in [0, 0.05) is 5.02 Å². The Bertz CT molecular complexity index is 1060. The van der Waals surface area contributed by atoms with Gasteiger partial charge in [-0.3, -0.25) is 14.4 Å². The molecule has 1 heterocycles. The Labute approximate surface area is 188 Å². The van der Waals surface area contributed by atoms with E-state index in [1.54, 1.807) is 12.1 Å². The summed E-state index contributed by atoms with van der Waals surface area (Å²) in [5.41, 5.74) is 1.03. The third-order valence-corrected chi connectivity index (χ3v) is 4.85. The minimum absolute atomic E-state index is 0.176. The number of nitrogens with one attached hydrogen (secondary N) is 3. The van der Waals surface area contributed by atoms with E-state index in [2.05, 4.69) is 16.0 Å². The maximum Gasteiger partial charge on any atom is 0.253 e. The van der Waals surface area contributed by atoms with Gasteiger partial charge in [-0.05, 0) is 35.9 Å². The topological polar surface area (TPSA) is 100 Å². The standard InChI is InChI=1S/C22H19Cl2N3O4/c23-15-8-9-16(17(24)11-15)22(30)26-12-19(28)25-13-20(29)27-21(18-7-4-10-31-18)14-5-2-1-3-6-14/h1-11,21H,12-13H2,(H,25,28)(H,26,30)(H,27,29). The molecule has 0 aliphatic rings. The van der Waals surface area contributed by atoms with Crippen molar-refractivity contribution < 1.29 is 18.8 Å². The van der Waals surface area contributed by atoms with Gasteiger partial charge >= 0.3 is 0 Å². The lowest BCUT2D eigenvalue weighted by molar-refractivity contribution is -0.125. The maximum absolute atomic E-state index is 12.4. The first-order chi connectivity index (χ1) is 14.9. The van der Waals surface area contributed by atoms with E-state index >= 15 is 0 Å². The third-order valence-electron chi connectivity index (χ3n) is 4.30. The van der Waals surface area contributed by atoms with Crippen LogP contribution in [-0.2, 0) is 9.59 Å². The van der Waals surface area contributed by atoms with E-state index in [0.29, 0.717) is 10.8 Å². The van der Waals surface area contributed by atoms with Crippen molar-refractivity contribution >= 4 is 40.9 Å². The molecule has 0 saturated heterocycles. The lowest BCUT2D eigenvalue weighted by Gasteiger charge is -2.17. The largest absolute Gasteiger partial charge is 0.467 e. The van der Waals surface area contributed by atoms with Crippen molar-refractivity contribution in [1.82, 2.24) is 16.0 Å². The molecular formula is C22H19Cl2N3O4. The van der Waals surface area contributed by atoms with Crippen molar-refractivity contribution in [1.29, 1.82) is 0 Å². The maximum atomic E-state index is 12.4. The smallest absolute Gasteiger partial charge is 0.253 e. The first-order valence-electron chi connectivity index (χ1n) is 9.31. The van der Waals surface area contributed by atoms with E-state index in [-0.39, 0.29) is 23.7 Å². The summed E-state index contributed by atoms with van der Waals surface area (Å²) in [6.07, 6.45) is 1.52. The Morgan fingerprint density at radius 1 is 0.871 bits per heavy atom. The quantitative estimate of drug-likeness (QED) is 0.480. The minimum Gasteiger partial charge on any atom is -0.467 e. The summed E-state index contributed by atoms with van der Waals surface area (Å²) in [5, 5.41) is 8.31. The van der Waals surface area contributed by atoms with Gasteiger partial charge in [0.15, 0.2) is 0 Å². The van der Waals surface area contributed by atoms with Gasteiger partial charge in [0.2, 0.25) is 11.8 Å². The molecule has 3 aromatic rings. The van der Waals surface area contributed by atoms with Crippen LogP contribution in [0.2, 0.25) is 10.0 Å². The molecule has 160 valence electrons. The highest BCUT2D eigenvalue weighted by Crippen LogP contribution is 2.22. The molecule has 9 heteroatoms. The average molecular weight is 460 g/mol. The Kier molecular flexibility index (Phi) is 7.70. The van der Waals surface area contributed by atoms with Crippen molar-refractivity contribution in [2.24, 2.45) is 0 Å². The number of amides is 3. The summed E-state index contributed by atoms with van der Waals surface area (Å²) >= 11 is 11.8. The summed E-state index contributed by atoms with van der Waals surface area (Å²) in [5.74, 6) is -0.894. The van der Waals surface area contributed by atoms with Crippen LogP contribution in [0.4, 0.5) is 0 Å². The molecule has 2 aromatic carbocycles. The van der Waals surface area contributed by atoms with Crippen molar-refractivity contribution in [2.45, 2.75) is 6.04 Å². The fourth-order valence-electron chi connectivity index (χ4n) is 2.80. The number of hydrogen-bond donors (Lipinski definition) is 3. The highest BCUT2D eigenvalue weighted by atomic mass is 35.5. The SMILES string of the molecule is O=C(CNC(=O)c1ccc(Cl)cc1Cl)NCC(=O)NC(c1ccccc1)c1ccco1. The normalized spacial score (nSPS) is 11.4. The van der Waals surface area contributed by atoms with Gasteiger partial charge in [-0.25, -0.2) is 0 Å². The van der Waals surface area contributed by atoms with E-state index in [0.717, 1.165) is 5.56 Å². The van der Waals surface area contributed by atoms with Crippen molar-refractivity contribution in [3.63, 3.8) is 0 Å². The fourth-order valence-corrected chi connectivity index (χ4v) is 3.30. The van der Waals surface area contributed by atoms with Crippen LogP contribution in [0.25, 0.3) is 0 Å². The highest BCUT2D eigenvalue weighted by Gasteiger charge is 2.19. The first kappa shape index (κ1) is 22.4. The molecule has 1 atom stereocenters. The van der Waals surface area contributed by atoms with Crippen LogP contribution in [-0.4, -0.2) is 30.8 Å². The lowest BCUT2D eigenvalue weighted by atomic mass is 10.0. The molecule has 0 radical (unpaired) electrons. The molecular weight excluding hydrogens is 441 g/mol. The molecule has 1 unspecified atom stereocenters. The zero-order valence-electron chi connectivity index (χ0n) is 16.2. The van der Waals surface area contributed by atoms with Crippen LogP contribution in [0.15, 0.2) is 71.3 Å². The van der Waals surface area contributed by atoms with Crippen molar-refractivity contribution in [3.8, 4) is 0 Å². The molecule has 0 saturated carbocycles. The number of hydrogen-bond acceptors (Lipinski definition) is 4. The van der Waals surface area contributed by atoms with Crippen LogP contribution >= 0.6 is 23.2 Å². The summed E-state index contributed by atoms with van der Waals surface area (Å²) in [4.78, 5) is 36.6. The van der Waals surface area contributed by atoms with Gasteiger partial charge in [-0.1, -0.05) is 53.5 Å². The molecule has 0 aliphatic carbocycles. The van der Waals surface area contributed by atoms with Gasteiger partial charge < -0.3 is 20.4 Å². The van der Waals surface area contributed by atoms with E-state index in [1.165, 1.54) is 24.5 Å². The summed E-state index contributed by atoms with van der Waals surface area (Å²) < 4.78 is 5.43. The number of halogens is 2. The van der Waals surface area contributed by atoms with Gasteiger partial charge in [-0.2, -0.15) is 0 Å². The van der Waals surface area contributed by atoms with E-state index in [9.17, 15) is 14.4 Å². The highest BCUT2D eigenvalue weighted by molar-refractivity contribution is 6.36. The second-order valence-corrected chi connectivity index (χ2v) is 7.35. The average Bonchev–Trinajstić information content (AvgIpc) is 3.29. The van der Waals surface area contributed by atoms with Gasteiger partial charge in [0.1, 0.15) is 11.8 Å². The van der Waals surface area contributed by atoms with E-state index < -0.39 is 23.8 Å². The van der Waals surface area contributed by atoms with E-state index in [1.807, 2.05) is 30.3 Å². The Morgan fingerprint density at radius 3 is 2.29 bits per heavy atom. The monoisotopic (exact) mass is 459 g/mol. The third kappa shape index (κ3) is 6.34. The fraction of sp³-hybridized carbons (Fsp3) is 0.136. The molecule has 7 nitrogen and oxygen atoms in total. The minimum atomic E-state index is -0.525. The summed E-state index contributed by atoms with van der Waals surface area (Å²) in [7, 11) is 0. The Hall–Kier alpha value is -3.29. The van der Waals surface area contributed by atoms with Crippen LogP contribution < -0.4 is 16.0 Å². The Morgan fingerprint density at radius 2 is 1.61 bits per heavy atom. The van der Waals surface area contributed by atoms with Crippen LogP contribution in [0.1, 0.15) is 27.7 Å². The summed E-state index contributed by atoms with van der Waals surface area (Å²) in [6.45, 7) is -0.578. The first-order valence-corrected chi connectivity index (χ1v) is 10.1. The van der Waals surface area contributed by atoms with Crippen LogP contribution in [0, 0.1) is 0 Å². The predicted octanol–water partition coefficient (Wildman–Crippen LogP) is 3.34. The molecule has 1 aromatic heterocycles. The molecule has 0 bridgehead atoms. The molecule has 3 rings (SSSR count). The number of carbonyl (C=O) groups is 3. The zero-order valence-corrected chi connectivity index (χ0v) is 17.7. The van der Waals surface area contributed by atoms with Gasteiger partial charge in [-0.15, -0.1) is 0 Å². The zero-order chi connectivity index (χ0) is 22.2. The second kappa shape index (κ2) is 10.7. The summed E-state index contributed by atoms with van der Waals surface area (Å²) in [6, 6.07) is 16.7. The number of benzene rings is 2. The molecule has 0 fully saturated rings. The predicted molar refractivity (Wildman–Crippen MR) is 117 cm³/mol. The second-order valence-electron chi connectivity index (χ2n) is 6.51. The molecule has 3 N–H and O–H groups in total. The number of furan rings is 1. The molecule has 0 aliphatic heterocycles. The van der Waals surface area contributed by atoms with Crippen LogP contribution in [0.5, 0.6) is 0 Å². The Balaban J connectivity index is 1.50. The number of carbonyl (C=O) groups excluding carboxylic acids is 3. The van der Waals surface area contributed by atoms with Crippen molar-refractivity contribution in [2.75, 3.05) is 13.1 Å². The molecule has 0 spiro atoms. The molecule has 31 heavy (non-hydrogen) atoms. The number of rotatable bonds is 8. The van der Waals surface area contributed by atoms with Crippen LogP contribution in [0.3, 0.4) is 0 Å². The van der Waals surface area contributed by atoms with Gasteiger partial charge in [0.05, 0.1) is 29.9 Å². The molecule has 3 amide bonds. The van der Waals surface area contributed by atoms with Gasteiger partial charge in [0.25, 0.3) is 5.91 Å². The van der Waals surface area contributed by atoms with E-state index in [4.69, 9.17) is 27.6 Å². The lowest BCUT2D eigenvalue weighted by Crippen LogP contribution is -2.42.